The summed E-state index contributed by atoms with van der Waals surface area (Å²) < 4.78 is 19.4. The first-order valence-electron chi connectivity index (χ1n) is 8.74. The standard InChI is InChI=1S/C19H22FN3O3/c1-12-5-3-4-6-15(12)21-19(25)18-16(26-2)11-17(24)23(22-18)14-9-7-13(20)8-10-14/h7-12,15H,3-6H2,1-2H3,(H,21,25). The number of amides is 1. The molecule has 7 heteroatoms. The molecule has 0 bridgehead atoms. The Bertz CT molecular complexity index is 848. The highest BCUT2D eigenvalue weighted by Gasteiger charge is 2.26. The van der Waals surface area contributed by atoms with Crippen LogP contribution >= 0.6 is 0 Å². The van der Waals surface area contributed by atoms with Crippen molar-refractivity contribution in [2.24, 2.45) is 5.92 Å². The highest BCUT2D eigenvalue weighted by Crippen LogP contribution is 2.24. The van der Waals surface area contributed by atoms with Crippen molar-refractivity contribution in [3.05, 3.63) is 52.2 Å². The Morgan fingerprint density at radius 3 is 2.62 bits per heavy atom. The van der Waals surface area contributed by atoms with E-state index < -0.39 is 11.4 Å². The molecule has 2 atom stereocenters. The maximum absolute atomic E-state index is 13.1. The minimum absolute atomic E-state index is 0.0363. The molecule has 6 nitrogen and oxygen atoms in total. The Labute approximate surface area is 151 Å². The number of ether oxygens (including phenoxy) is 1. The fraction of sp³-hybridized carbons (Fsp3) is 0.421. The smallest absolute Gasteiger partial charge is 0.275 e. The van der Waals surface area contributed by atoms with Gasteiger partial charge < -0.3 is 10.1 Å². The van der Waals surface area contributed by atoms with Crippen LogP contribution in [0.25, 0.3) is 5.69 Å². The van der Waals surface area contributed by atoms with Crippen molar-refractivity contribution in [3.8, 4) is 11.4 Å². The number of carbonyl (C=O) groups is 1. The van der Waals surface area contributed by atoms with Crippen molar-refractivity contribution in [2.75, 3.05) is 7.11 Å². The zero-order valence-corrected chi connectivity index (χ0v) is 14.9. The van der Waals surface area contributed by atoms with E-state index in [9.17, 15) is 14.0 Å². The summed E-state index contributed by atoms with van der Waals surface area (Å²) in [7, 11) is 1.39. The molecule has 1 amide bonds. The first kappa shape index (κ1) is 18.1. The minimum atomic E-state index is -0.462. The zero-order valence-electron chi connectivity index (χ0n) is 14.9. The first-order chi connectivity index (χ1) is 12.5. The third kappa shape index (κ3) is 3.76. The number of carbonyl (C=O) groups excluding carboxylic acids is 1. The van der Waals surface area contributed by atoms with Gasteiger partial charge in [-0.05, 0) is 43.0 Å². The van der Waals surface area contributed by atoms with Crippen molar-refractivity contribution < 1.29 is 13.9 Å². The summed E-state index contributed by atoms with van der Waals surface area (Å²) in [6, 6.07) is 6.63. The van der Waals surface area contributed by atoms with Crippen molar-refractivity contribution in [2.45, 2.75) is 38.6 Å². The van der Waals surface area contributed by atoms with E-state index in [1.807, 2.05) is 0 Å². The Morgan fingerprint density at radius 1 is 1.27 bits per heavy atom. The summed E-state index contributed by atoms with van der Waals surface area (Å²) in [5.74, 6) is -0.285. The van der Waals surface area contributed by atoms with Crippen LogP contribution in [0.5, 0.6) is 5.75 Å². The molecule has 1 aliphatic carbocycles. The first-order valence-corrected chi connectivity index (χ1v) is 8.74. The van der Waals surface area contributed by atoms with Gasteiger partial charge in [-0.2, -0.15) is 9.78 Å². The van der Waals surface area contributed by atoms with Gasteiger partial charge in [-0.15, -0.1) is 0 Å². The highest BCUT2D eigenvalue weighted by molar-refractivity contribution is 5.95. The summed E-state index contributed by atoms with van der Waals surface area (Å²) in [5.41, 5.74) is -0.0515. The van der Waals surface area contributed by atoms with Crippen molar-refractivity contribution in [1.82, 2.24) is 15.1 Å². The van der Waals surface area contributed by atoms with Crippen LogP contribution in [0.2, 0.25) is 0 Å². The second-order valence-electron chi connectivity index (χ2n) is 6.63. The lowest BCUT2D eigenvalue weighted by Crippen LogP contribution is -2.42. The number of methoxy groups -OCH3 is 1. The van der Waals surface area contributed by atoms with Crippen LogP contribution in [0.15, 0.2) is 35.1 Å². The lowest BCUT2D eigenvalue weighted by Gasteiger charge is -2.29. The molecule has 1 aromatic carbocycles. The van der Waals surface area contributed by atoms with Crippen LogP contribution in [0.1, 0.15) is 43.1 Å². The normalized spacial score (nSPS) is 19.8. The van der Waals surface area contributed by atoms with E-state index in [-0.39, 0.29) is 23.4 Å². The van der Waals surface area contributed by atoms with E-state index in [4.69, 9.17) is 4.74 Å². The zero-order chi connectivity index (χ0) is 18.7. The SMILES string of the molecule is COc1cc(=O)n(-c2ccc(F)cc2)nc1C(=O)NC1CCCCC1C. The van der Waals surface area contributed by atoms with Crippen LogP contribution in [0.4, 0.5) is 4.39 Å². The van der Waals surface area contributed by atoms with Gasteiger partial charge in [0, 0.05) is 6.04 Å². The van der Waals surface area contributed by atoms with Gasteiger partial charge in [0.1, 0.15) is 5.82 Å². The number of aromatic nitrogens is 2. The third-order valence-electron chi connectivity index (χ3n) is 4.83. The molecular formula is C19H22FN3O3. The number of benzene rings is 1. The molecule has 1 fully saturated rings. The molecule has 0 saturated heterocycles. The van der Waals surface area contributed by atoms with Crippen LogP contribution in [0, 0.1) is 11.7 Å². The lowest BCUT2D eigenvalue weighted by atomic mass is 9.86. The molecular weight excluding hydrogens is 337 g/mol. The molecule has 26 heavy (non-hydrogen) atoms. The predicted molar refractivity (Wildman–Crippen MR) is 95.2 cm³/mol. The monoisotopic (exact) mass is 359 g/mol. The molecule has 1 heterocycles. The van der Waals surface area contributed by atoms with Gasteiger partial charge in [-0.25, -0.2) is 4.39 Å². The lowest BCUT2D eigenvalue weighted by molar-refractivity contribution is 0.0899. The van der Waals surface area contributed by atoms with E-state index >= 15 is 0 Å². The van der Waals surface area contributed by atoms with Crippen molar-refractivity contribution >= 4 is 5.91 Å². The number of rotatable bonds is 4. The molecule has 1 saturated carbocycles. The average molecular weight is 359 g/mol. The molecule has 1 N–H and O–H groups in total. The Kier molecular flexibility index (Phi) is 5.35. The summed E-state index contributed by atoms with van der Waals surface area (Å²) in [4.78, 5) is 25.1. The van der Waals surface area contributed by atoms with Gasteiger partial charge in [0.15, 0.2) is 11.4 Å². The van der Waals surface area contributed by atoms with Gasteiger partial charge in [0.2, 0.25) is 0 Å². The second-order valence-corrected chi connectivity index (χ2v) is 6.63. The number of hydrogen-bond acceptors (Lipinski definition) is 4. The molecule has 0 aliphatic heterocycles. The van der Waals surface area contributed by atoms with Gasteiger partial charge >= 0.3 is 0 Å². The highest BCUT2D eigenvalue weighted by atomic mass is 19.1. The second kappa shape index (κ2) is 7.68. The molecule has 3 rings (SSSR count). The van der Waals surface area contributed by atoms with Crippen LogP contribution in [-0.4, -0.2) is 28.8 Å². The average Bonchev–Trinajstić information content (AvgIpc) is 2.64. The van der Waals surface area contributed by atoms with Crippen LogP contribution in [0.3, 0.4) is 0 Å². The Hall–Kier alpha value is -2.70. The van der Waals surface area contributed by atoms with Crippen molar-refractivity contribution in [1.29, 1.82) is 0 Å². The van der Waals surface area contributed by atoms with E-state index in [0.717, 1.165) is 23.9 Å². The molecule has 0 spiro atoms. The summed E-state index contributed by atoms with van der Waals surface area (Å²) in [6.45, 7) is 2.12. The molecule has 2 unspecified atom stereocenters. The van der Waals surface area contributed by atoms with Crippen molar-refractivity contribution in [3.63, 3.8) is 0 Å². The van der Waals surface area contributed by atoms with Gasteiger partial charge in [0.25, 0.3) is 11.5 Å². The Balaban J connectivity index is 1.94. The number of hydrogen-bond donors (Lipinski definition) is 1. The quantitative estimate of drug-likeness (QED) is 0.911. The van der Waals surface area contributed by atoms with Crippen LogP contribution in [-0.2, 0) is 0 Å². The number of nitrogens with one attached hydrogen (secondary N) is 1. The summed E-state index contributed by atoms with van der Waals surface area (Å²) in [5, 5.41) is 7.19. The fourth-order valence-electron chi connectivity index (χ4n) is 3.29. The Morgan fingerprint density at radius 2 is 1.96 bits per heavy atom. The van der Waals surface area contributed by atoms with E-state index in [1.165, 1.54) is 43.9 Å². The molecule has 2 aromatic rings. The fourth-order valence-corrected chi connectivity index (χ4v) is 3.29. The molecule has 0 radical (unpaired) electrons. The minimum Gasteiger partial charge on any atom is -0.494 e. The maximum atomic E-state index is 13.1. The summed E-state index contributed by atoms with van der Waals surface area (Å²) >= 11 is 0. The topological polar surface area (TPSA) is 73.2 Å². The third-order valence-corrected chi connectivity index (χ3v) is 4.83. The molecule has 1 aliphatic rings. The van der Waals surface area contributed by atoms with Gasteiger partial charge in [-0.3, -0.25) is 9.59 Å². The number of nitrogens with zero attached hydrogens (tertiary/aromatic N) is 2. The van der Waals surface area contributed by atoms with Crippen LogP contribution < -0.4 is 15.6 Å². The number of halogens is 1. The van der Waals surface area contributed by atoms with Gasteiger partial charge in [-0.1, -0.05) is 19.8 Å². The van der Waals surface area contributed by atoms with E-state index in [2.05, 4.69) is 17.3 Å². The molecule has 1 aromatic heterocycles. The maximum Gasteiger partial charge on any atom is 0.275 e. The summed E-state index contributed by atoms with van der Waals surface area (Å²) in [6.07, 6.45) is 4.25. The largest absolute Gasteiger partial charge is 0.494 e. The molecule has 138 valence electrons. The van der Waals surface area contributed by atoms with E-state index in [1.54, 1.807) is 0 Å². The predicted octanol–water partition coefficient (Wildman–Crippen LogP) is 2.69. The van der Waals surface area contributed by atoms with E-state index in [0.29, 0.717) is 11.6 Å². The van der Waals surface area contributed by atoms with Gasteiger partial charge in [0.05, 0.1) is 18.9 Å².